The van der Waals surface area contributed by atoms with E-state index in [-0.39, 0.29) is 23.8 Å². The first-order valence-electron chi connectivity index (χ1n) is 9.38. The molecule has 1 aromatic heterocycles. The SMILES string of the molecule is O=C(c1ccccc1F)N(Cc1nccn1Cc1cccc(F)c1)CC1CC1. The van der Waals surface area contributed by atoms with Gasteiger partial charge < -0.3 is 9.47 Å². The number of amides is 1. The van der Waals surface area contributed by atoms with Crippen molar-refractivity contribution >= 4 is 5.91 Å². The van der Waals surface area contributed by atoms with Crippen LogP contribution in [0.4, 0.5) is 8.78 Å². The first-order valence-corrected chi connectivity index (χ1v) is 9.38. The number of nitrogens with zero attached hydrogens (tertiary/aromatic N) is 3. The topological polar surface area (TPSA) is 38.1 Å². The van der Waals surface area contributed by atoms with Gasteiger partial charge in [0.05, 0.1) is 12.1 Å². The van der Waals surface area contributed by atoms with Gasteiger partial charge in [0.15, 0.2) is 0 Å². The summed E-state index contributed by atoms with van der Waals surface area (Å²) in [5.74, 6) is 0.0166. The van der Waals surface area contributed by atoms with E-state index in [4.69, 9.17) is 0 Å². The third-order valence-electron chi connectivity index (χ3n) is 4.94. The maximum atomic E-state index is 14.1. The van der Waals surface area contributed by atoms with E-state index in [1.807, 2.05) is 16.8 Å². The summed E-state index contributed by atoms with van der Waals surface area (Å²) in [4.78, 5) is 19.0. The summed E-state index contributed by atoms with van der Waals surface area (Å²) in [7, 11) is 0. The van der Waals surface area contributed by atoms with Crippen LogP contribution < -0.4 is 0 Å². The largest absolute Gasteiger partial charge is 0.331 e. The van der Waals surface area contributed by atoms with Crippen molar-refractivity contribution in [3.8, 4) is 0 Å². The zero-order valence-corrected chi connectivity index (χ0v) is 15.4. The van der Waals surface area contributed by atoms with Crippen LogP contribution in [-0.2, 0) is 13.1 Å². The van der Waals surface area contributed by atoms with Gasteiger partial charge in [0, 0.05) is 25.5 Å². The van der Waals surface area contributed by atoms with Gasteiger partial charge in [0.2, 0.25) is 0 Å². The summed E-state index contributed by atoms with van der Waals surface area (Å²) in [5, 5.41) is 0. The summed E-state index contributed by atoms with van der Waals surface area (Å²) in [5.41, 5.74) is 0.889. The van der Waals surface area contributed by atoms with Crippen molar-refractivity contribution in [3.63, 3.8) is 0 Å². The van der Waals surface area contributed by atoms with Crippen LogP contribution in [0.15, 0.2) is 60.9 Å². The molecule has 0 radical (unpaired) electrons. The van der Waals surface area contributed by atoms with Gasteiger partial charge in [0.1, 0.15) is 17.5 Å². The van der Waals surface area contributed by atoms with E-state index in [1.165, 1.54) is 24.3 Å². The van der Waals surface area contributed by atoms with Gasteiger partial charge in [-0.25, -0.2) is 13.8 Å². The number of carbonyl (C=O) groups excluding carboxylic acids is 1. The highest BCUT2D eigenvalue weighted by molar-refractivity contribution is 5.94. The van der Waals surface area contributed by atoms with Crippen molar-refractivity contribution in [2.75, 3.05) is 6.54 Å². The molecule has 0 atom stereocenters. The van der Waals surface area contributed by atoms with E-state index in [0.717, 1.165) is 18.4 Å². The van der Waals surface area contributed by atoms with Crippen LogP contribution in [0.25, 0.3) is 0 Å². The molecular weight excluding hydrogens is 360 g/mol. The quantitative estimate of drug-likeness (QED) is 0.613. The molecule has 0 aliphatic heterocycles. The minimum Gasteiger partial charge on any atom is -0.331 e. The molecule has 4 nitrogen and oxygen atoms in total. The summed E-state index contributed by atoms with van der Waals surface area (Å²) in [6.07, 6.45) is 5.64. The highest BCUT2D eigenvalue weighted by Gasteiger charge is 2.29. The van der Waals surface area contributed by atoms with E-state index in [2.05, 4.69) is 4.98 Å². The highest BCUT2D eigenvalue weighted by Crippen LogP contribution is 2.31. The molecule has 1 saturated carbocycles. The minimum absolute atomic E-state index is 0.0754. The van der Waals surface area contributed by atoms with Crippen LogP contribution in [0.3, 0.4) is 0 Å². The van der Waals surface area contributed by atoms with Crippen LogP contribution in [0.5, 0.6) is 0 Å². The van der Waals surface area contributed by atoms with Gasteiger partial charge >= 0.3 is 0 Å². The normalized spacial score (nSPS) is 13.5. The second kappa shape index (κ2) is 7.92. The number of benzene rings is 2. The summed E-state index contributed by atoms with van der Waals surface area (Å²) < 4.78 is 29.5. The monoisotopic (exact) mass is 381 g/mol. The molecule has 6 heteroatoms. The van der Waals surface area contributed by atoms with Gasteiger partial charge in [-0.2, -0.15) is 0 Å². The van der Waals surface area contributed by atoms with Gasteiger partial charge in [-0.1, -0.05) is 24.3 Å². The van der Waals surface area contributed by atoms with E-state index >= 15 is 0 Å². The number of halogens is 2. The summed E-state index contributed by atoms with van der Waals surface area (Å²) in [6, 6.07) is 12.4. The zero-order valence-electron chi connectivity index (χ0n) is 15.4. The standard InChI is InChI=1S/C22H21F2N3O/c23-18-5-3-4-17(12-18)14-26-11-10-25-21(26)15-27(13-16-8-9-16)22(28)19-6-1-2-7-20(19)24/h1-7,10-12,16H,8-9,13-15H2. The molecule has 1 amide bonds. The van der Waals surface area contributed by atoms with Crippen LogP contribution >= 0.6 is 0 Å². The number of rotatable bonds is 7. The van der Waals surface area contributed by atoms with Gasteiger partial charge in [-0.15, -0.1) is 0 Å². The van der Waals surface area contributed by atoms with Crippen LogP contribution in [-0.4, -0.2) is 26.9 Å². The molecule has 0 unspecified atom stereocenters. The molecule has 1 fully saturated rings. The molecule has 1 aliphatic carbocycles. The van der Waals surface area contributed by atoms with Crippen molar-refractivity contribution in [2.45, 2.75) is 25.9 Å². The maximum Gasteiger partial charge on any atom is 0.257 e. The van der Waals surface area contributed by atoms with E-state index < -0.39 is 5.82 Å². The van der Waals surface area contributed by atoms with E-state index in [1.54, 1.807) is 29.3 Å². The first-order chi connectivity index (χ1) is 13.6. The Balaban J connectivity index is 1.55. The first kappa shape index (κ1) is 18.3. The molecule has 0 bridgehead atoms. The van der Waals surface area contributed by atoms with E-state index in [9.17, 15) is 13.6 Å². The fourth-order valence-electron chi connectivity index (χ4n) is 3.27. The third kappa shape index (κ3) is 4.27. The van der Waals surface area contributed by atoms with Gasteiger partial charge in [0.25, 0.3) is 5.91 Å². The van der Waals surface area contributed by atoms with Gasteiger partial charge in [-0.05, 0) is 48.6 Å². The average molecular weight is 381 g/mol. The molecule has 144 valence electrons. The average Bonchev–Trinajstić information content (AvgIpc) is 3.40. The van der Waals surface area contributed by atoms with Crippen molar-refractivity contribution in [1.29, 1.82) is 0 Å². The Morgan fingerprint density at radius 1 is 1.14 bits per heavy atom. The number of hydrogen-bond acceptors (Lipinski definition) is 2. The molecule has 3 aromatic rings. The summed E-state index contributed by atoms with van der Waals surface area (Å²) in [6.45, 7) is 1.32. The van der Waals surface area contributed by atoms with Crippen molar-refractivity contribution in [2.24, 2.45) is 5.92 Å². The van der Waals surface area contributed by atoms with Crippen molar-refractivity contribution in [3.05, 3.63) is 89.5 Å². The molecule has 2 aromatic carbocycles. The second-order valence-corrected chi connectivity index (χ2v) is 7.21. The number of hydrogen-bond donors (Lipinski definition) is 0. The maximum absolute atomic E-state index is 14.1. The lowest BCUT2D eigenvalue weighted by atomic mass is 10.1. The number of aromatic nitrogens is 2. The Hall–Kier alpha value is -3.02. The van der Waals surface area contributed by atoms with E-state index in [0.29, 0.717) is 24.8 Å². The molecule has 1 heterocycles. The van der Waals surface area contributed by atoms with Crippen LogP contribution in [0.1, 0.15) is 34.6 Å². The second-order valence-electron chi connectivity index (χ2n) is 7.21. The lowest BCUT2D eigenvalue weighted by Crippen LogP contribution is -2.34. The molecule has 4 rings (SSSR count). The zero-order chi connectivity index (χ0) is 19.5. The molecule has 0 spiro atoms. The Kier molecular flexibility index (Phi) is 5.19. The van der Waals surface area contributed by atoms with Crippen molar-refractivity contribution in [1.82, 2.24) is 14.5 Å². The Morgan fingerprint density at radius 3 is 2.71 bits per heavy atom. The lowest BCUT2D eigenvalue weighted by molar-refractivity contribution is 0.0724. The minimum atomic E-state index is -0.517. The fourth-order valence-corrected chi connectivity index (χ4v) is 3.27. The highest BCUT2D eigenvalue weighted by atomic mass is 19.1. The Labute approximate surface area is 162 Å². The van der Waals surface area contributed by atoms with Crippen LogP contribution in [0, 0.1) is 17.6 Å². The molecule has 28 heavy (non-hydrogen) atoms. The molecule has 0 N–H and O–H groups in total. The third-order valence-corrected chi connectivity index (χ3v) is 4.94. The lowest BCUT2D eigenvalue weighted by Gasteiger charge is -2.23. The predicted octanol–water partition coefficient (Wildman–Crippen LogP) is 4.26. The number of carbonyl (C=O) groups is 1. The predicted molar refractivity (Wildman–Crippen MR) is 102 cm³/mol. The molecule has 1 aliphatic rings. The molecule has 0 saturated heterocycles. The van der Waals surface area contributed by atoms with Crippen LogP contribution in [0.2, 0.25) is 0 Å². The van der Waals surface area contributed by atoms with Gasteiger partial charge in [-0.3, -0.25) is 4.79 Å². The molecular formula is C22H21F2N3O. The number of imidazole rings is 1. The fraction of sp³-hybridized carbons (Fsp3) is 0.273. The Morgan fingerprint density at radius 2 is 1.96 bits per heavy atom. The Bertz CT molecular complexity index is 981. The summed E-state index contributed by atoms with van der Waals surface area (Å²) >= 11 is 0. The van der Waals surface area contributed by atoms with Crippen molar-refractivity contribution < 1.29 is 13.6 Å². The smallest absolute Gasteiger partial charge is 0.257 e.